The third kappa shape index (κ3) is 3.63. The highest BCUT2D eigenvalue weighted by Gasteiger charge is 2.12. The molecule has 2 aromatic carbocycles. The summed E-state index contributed by atoms with van der Waals surface area (Å²) in [6.07, 6.45) is 2.20. The lowest BCUT2D eigenvalue weighted by Gasteiger charge is -2.13. The van der Waals surface area contributed by atoms with Crippen LogP contribution in [0.25, 0.3) is 16.6 Å². The zero-order valence-electron chi connectivity index (χ0n) is 14.8. The molecule has 26 heavy (non-hydrogen) atoms. The van der Waals surface area contributed by atoms with Crippen LogP contribution in [-0.4, -0.2) is 15.5 Å². The van der Waals surface area contributed by atoms with E-state index in [4.69, 9.17) is 11.6 Å². The molecule has 0 radical (unpaired) electrons. The van der Waals surface area contributed by atoms with Gasteiger partial charge in [-0.05, 0) is 43.7 Å². The lowest BCUT2D eigenvalue weighted by molar-refractivity contribution is -0.116. The Morgan fingerprint density at radius 2 is 2.00 bits per heavy atom. The van der Waals surface area contributed by atoms with Gasteiger partial charge in [0.1, 0.15) is 5.82 Å². The Bertz CT molecular complexity index is 1030. The van der Waals surface area contributed by atoms with Crippen molar-refractivity contribution in [3.63, 3.8) is 0 Å². The van der Waals surface area contributed by atoms with Crippen molar-refractivity contribution in [2.24, 2.45) is 0 Å². The number of para-hydroxylation sites is 1. The first-order valence-electron chi connectivity index (χ1n) is 8.59. The average Bonchev–Trinajstić information content (AvgIpc) is 2.62. The van der Waals surface area contributed by atoms with Crippen LogP contribution in [-0.2, 0) is 4.79 Å². The molecule has 0 atom stereocenters. The number of aryl methyl sites for hydroxylation is 1. The van der Waals surface area contributed by atoms with Gasteiger partial charge in [0.05, 0.1) is 27.3 Å². The van der Waals surface area contributed by atoms with Gasteiger partial charge in [-0.3, -0.25) is 14.2 Å². The Balaban J connectivity index is 2.05. The normalized spacial score (nSPS) is 10.9. The van der Waals surface area contributed by atoms with Gasteiger partial charge in [0.15, 0.2) is 0 Å². The van der Waals surface area contributed by atoms with Gasteiger partial charge in [0, 0.05) is 6.42 Å². The first-order valence-corrected chi connectivity index (χ1v) is 8.97. The standard InChI is InChI=1S/C20H20ClN3O2/c1-3-4-9-19(25)23-18-12-14(10-11-16(18)21)24-13(2)22-17-8-6-5-7-15(17)20(24)26/h5-8,10-12H,3-4,9H2,1-2H3,(H,23,25). The lowest BCUT2D eigenvalue weighted by Crippen LogP contribution is -2.22. The molecule has 1 heterocycles. The third-order valence-electron chi connectivity index (χ3n) is 4.18. The van der Waals surface area contributed by atoms with Gasteiger partial charge in [0.2, 0.25) is 5.91 Å². The molecule has 1 amide bonds. The summed E-state index contributed by atoms with van der Waals surface area (Å²) in [5.74, 6) is 0.478. The quantitative estimate of drug-likeness (QED) is 0.721. The van der Waals surface area contributed by atoms with E-state index in [-0.39, 0.29) is 11.5 Å². The number of hydrogen-bond acceptors (Lipinski definition) is 3. The number of benzene rings is 2. The summed E-state index contributed by atoms with van der Waals surface area (Å²) in [6.45, 7) is 3.81. The molecule has 0 aliphatic heterocycles. The molecule has 0 unspecified atom stereocenters. The number of fused-ring (bicyclic) bond motifs is 1. The van der Waals surface area contributed by atoms with Gasteiger partial charge in [-0.25, -0.2) is 4.98 Å². The number of nitrogens with one attached hydrogen (secondary N) is 1. The molecule has 0 bridgehead atoms. The predicted molar refractivity (Wildman–Crippen MR) is 105 cm³/mol. The molecule has 6 heteroatoms. The Morgan fingerprint density at radius 1 is 1.23 bits per heavy atom. The molecule has 3 rings (SSSR count). The largest absolute Gasteiger partial charge is 0.325 e. The number of anilines is 1. The number of unbranched alkanes of at least 4 members (excludes halogenated alkanes) is 1. The van der Waals surface area contributed by atoms with Crippen LogP contribution in [0.5, 0.6) is 0 Å². The minimum atomic E-state index is -0.154. The highest BCUT2D eigenvalue weighted by atomic mass is 35.5. The molecule has 0 aliphatic carbocycles. The Morgan fingerprint density at radius 3 is 2.77 bits per heavy atom. The van der Waals surface area contributed by atoms with Crippen molar-refractivity contribution >= 4 is 34.1 Å². The second kappa shape index (κ2) is 7.70. The van der Waals surface area contributed by atoms with Gasteiger partial charge in [-0.1, -0.05) is 37.1 Å². The molecule has 1 N–H and O–H groups in total. The number of halogens is 1. The maximum Gasteiger partial charge on any atom is 0.265 e. The molecule has 3 aromatic rings. The van der Waals surface area contributed by atoms with Gasteiger partial charge in [-0.15, -0.1) is 0 Å². The zero-order chi connectivity index (χ0) is 18.7. The Hall–Kier alpha value is -2.66. The van der Waals surface area contributed by atoms with E-state index < -0.39 is 0 Å². The van der Waals surface area contributed by atoms with Crippen molar-refractivity contribution in [3.05, 3.63) is 63.7 Å². The van der Waals surface area contributed by atoms with Gasteiger partial charge in [0.25, 0.3) is 5.56 Å². The van der Waals surface area contributed by atoms with Crippen molar-refractivity contribution in [3.8, 4) is 5.69 Å². The van der Waals surface area contributed by atoms with Crippen LogP contribution >= 0.6 is 11.6 Å². The van der Waals surface area contributed by atoms with Crippen molar-refractivity contribution in [1.29, 1.82) is 0 Å². The number of carbonyl (C=O) groups is 1. The minimum absolute atomic E-state index is 0.0911. The monoisotopic (exact) mass is 369 g/mol. The SMILES string of the molecule is CCCCC(=O)Nc1cc(-n2c(C)nc3ccccc3c2=O)ccc1Cl. The molecule has 5 nitrogen and oxygen atoms in total. The van der Waals surface area contributed by atoms with E-state index in [1.165, 1.54) is 4.57 Å². The number of aromatic nitrogens is 2. The second-order valence-electron chi connectivity index (χ2n) is 6.13. The highest BCUT2D eigenvalue weighted by Crippen LogP contribution is 2.25. The van der Waals surface area contributed by atoms with Gasteiger partial charge < -0.3 is 5.32 Å². The Kier molecular flexibility index (Phi) is 5.38. The van der Waals surface area contributed by atoms with E-state index in [2.05, 4.69) is 10.3 Å². The zero-order valence-corrected chi connectivity index (χ0v) is 15.5. The molecular weight excluding hydrogens is 350 g/mol. The van der Waals surface area contributed by atoms with Crippen LogP contribution in [0.3, 0.4) is 0 Å². The van der Waals surface area contributed by atoms with Crippen LogP contribution < -0.4 is 10.9 Å². The second-order valence-corrected chi connectivity index (χ2v) is 6.54. The van der Waals surface area contributed by atoms with Crippen molar-refractivity contribution < 1.29 is 4.79 Å². The third-order valence-corrected chi connectivity index (χ3v) is 4.51. The number of nitrogens with zero attached hydrogens (tertiary/aromatic N) is 2. The molecule has 0 saturated carbocycles. The van der Waals surface area contributed by atoms with Crippen molar-refractivity contribution in [2.45, 2.75) is 33.1 Å². The highest BCUT2D eigenvalue weighted by molar-refractivity contribution is 6.33. The van der Waals surface area contributed by atoms with Crippen LogP contribution in [0.15, 0.2) is 47.3 Å². The van der Waals surface area contributed by atoms with Crippen molar-refractivity contribution in [2.75, 3.05) is 5.32 Å². The molecule has 0 spiro atoms. The number of amides is 1. The minimum Gasteiger partial charge on any atom is -0.325 e. The van der Waals surface area contributed by atoms with Crippen LogP contribution in [0.2, 0.25) is 5.02 Å². The summed E-state index contributed by atoms with van der Waals surface area (Å²) in [6, 6.07) is 12.4. The average molecular weight is 370 g/mol. The van der Waals surface area contributed by atoms with E-state index in [1.807, 2.05) is 25.1 Å². The number of carbonyl (C=O) groups excluding carboxylic acids is 1. The maximum absolute atomic E-state index is 12.9. The fourth-order valence-corrected chi connectivity index (χ4v) is 3.01. The smallest absolute Gasteiger partial charge is 0.265 e. The van der Waals surface area contributed by atoms with E-state index in [0.717, 1.165) is 12.8 Å². The van der Waals surface area contributed by atoms with E-state index in [9.17, 15) is 9.59 Å². The van der Waals surface area contributed by atoms with Crippen LogP contribution in [0.4, 0.5) is 5.69 Å². The van der Waals surface area contributed by atoms with E-state index in [1.54, 1.807) is 31.2 Å². The summed E-state index contributed by atoms with van der Waals surface area (Å²) >= 11 is 6.22. The van der Waals surface area contributed by atoms with Crippen LogP contribution in [0.1, 0.15) is 32.0 Å². The van der Waals surface area contributed by atoms with Gasteiger partial charge in [-0.2, -0.15) is 0 Å². The van der Waals surface area contributed by atoms with E-state index >= 15 is 0 Å². The number of hydrogen-bond donors (Lipinski definition) is 1. The summed E-state index contributed by atoms with van der Waals surface area (Å²) in [5.41, 5.74) is 1.61. The first-order chi connectivity index (χ1) is 12.5. The van der Waals surface area contributed by atoms with Crippen LogP contribution in [0, 0.1) is 6.92 Å². The van der Waals surface area contributed by atoms with E-state index in [0.29, 0.717) is 39.5 Å². The molecule has 1 aromatic heterocycles. The summed E-state index contributed by atoms with van der Waals surface area (Å²) in [4.78, 5) is 29.5. The lowest BCUT2D eigenvalue weighted by atomic mass is 10.2. The topological polar surface area (TPSA) is 64.0 Å². The Labute approximate surface area is 156 Å². The molecule has 0 saturated heterocycles. The fraction of sp³-hybridized carbons (Fsp3) is 0.250. The fourth-order valence-electron chi connectivity index (χ4n) is 2.85. The maximum atomic E-state index is 12.9. The molecule has 0 aliphatic rings. The number of rotatable bonds is 5. The molecule has 0 fully saturated rings. The molecule has 134 valence electrons. The van der Waals surface area contributed by atoms with Crippen molar-refractivity contribution in [1.82, 2.24) is 9.55 Å². The van der Waals surface area contributed by atoms with Gasteiger partial charge >= 0.3 is 0 Å². The predicted octanol–water partition coefficient (Wildman–Crippen LogP) is 4.48. The molecular formula is C20H20ClN3O2. The first kappa shape index (κ1) is 18.1. The summed E-state index contributed by atoms with van der Waals surface area (Å²) in [7, 11) is 0. The summed E-state index contributed by atoms with van der Waals surface area (Å²) < 4.78 is 1.53. The summed E-state index contributed by atoms with van der Waals surface area (Å²) in [5, 5.41) is 3.80.